The van der Waals surface area contributed by atoms with Crippen LogP contribution in [0.1, 0.15) is 11.3 Å². The number of halogens is 3. The van der Waals surface area contributed by atoms with E-state index >= 15 is 0 Å². The van der Waals surface area contributed by atoms with Gasteiger partial charge in [-0.3, -0.25) is 19.5 Å². The summed E-state index contributed by atoms with van der Waals surface area (Å²) in [6.45, 7) is -0.0155. The lowest BCUT2D eigenvalue weighted by molar-refractivity contribution is -0.274. The molecule has 4 rings (SSSR count). The van der Waals surface area contributed by atoms with Crippen molar-refractivity contribution in [1.29, 1.82) is 0 Å². The number of nitrogens with one attached hydrogen (secondary N) is 1. The van der Waals surface area contributed by atoms with E-state index in [9.17, 15) is 22.8 Å². The second-order valence-corrected chi connectivity index (χ2v) is 6.83. The van der Waals surface area contributed by atoms with Crippen LogP contribution in [0.2, 0.25) is 0 Å². The zero-order valence-corrected chi connectivity index (χ0v) is 16.5. The lowest BCUT2D eigenvalue weighted by atomic mass is 10.0. The van der Waals surface area contributed by atoms with Gasteiger partial charge >= 0.3 is 6.36 Å². The summed E-state index contributed by atoms with van der Waals surface area (Å²) in [4.78, 5) is 31.6. The van der Waals surface area contributed by atoms with Gasteiger partial charge in [0.2, 0.25) is 0 Å². The van der Waals surface area contributed by atoms with E-state index in [1.54, 1.807) is 54.7 Å². The number of amides is 2. The van der Waals surface area contributed by atoms with Gasteiger partial charge in [-0.1, -0.05) is 36.4 Å². The summed E-state index contributed by atoms with van der Waals surface area (Å²) < 4.78 is 41.0. The highest BCUT2D eigenvalue weighted by Gasteiger charge is 2.39. The Kier molecular flexibility index (Phi) is 5.63. The molecule has 2 amide bonds. The maximum Gasteiger partial charge on any atom is 0.573 e. The van der Waals surface area contributed by atoms with E-state index in [2.05, 4.69) is 15.0 Å². The van der Waals surface area contributed by atoms with E-state index in [-0.39, 0.29) is 17.8 Å². The van der Waals surface area contributed by atoms with Crippen LogP contribution in [0.4, 0.5) is 18.9 Å². The van der Waals surface area contributed by atoms with Gasteiger partial charge < -0.3 is 10.1 Å². The summed E-state index contributed by atoms with van der Waals surface area (Å²) in [7, 11) is 0. The predicted octanol–water partition coefficient (Wildman–Crippen LogP) is 4.37. The van der Waals surface area contributed by atoms with Gasteiger partial charge in [0.05, 0.1) is 17.8 Å². The minimum atomic E-state index is -4.81. The minimum Gasteiger partial charge on any atom is -0.406 e. The average Bonchev–Trinajstić information content (AvgIpc) is 3.00. The van der Waals surface area contributed by atoms with Gasteiger partial charge in [0.1, 0.15) is 11.4 Å². The number of nitrogens with zero attached hydrogens (tertiary/aromatic N) is 2. The number of carbonyl (C=O) groups is 2. The van der Waals surface area contributed by atoms with Gasteiger partial charge in [-0.05, 0) is 42.0 Å². The molecule has 1 aromatic heterocycles. The van der Waals surface area contributed by atoms with Crippen LogP contribution in [-0.4, -0.2) is 28.1 Å². The third-order valence-corrected chi connectivity index (χ3v) is 4.63. The molecule has 2 aromatic carbocycles. The number of carbonyl (C=O) groups excluding carboxylic acids is 2. The fourth-order valence-corrected chi connectivity index (χ4v) is 3.25. The number of imide groups is 1. The molecule has 9 heteroatoms. The maximum absolute atomic E-state index is 13.2. The Bertz CT molecular complexity index is 1160. The highest BCUT2D eigenvalue weighted by atomic mass is 19.4. The van der Waals surface area contributed by atoms with E-state index < -0.39 is 23.9 Å². The largest absolute Gasteiger partial charge is 0.573 e. The number of ether oxygens (including phenoxy) is 1. The summed E-state index contributed by atoms with van der Waals surface area (Å²) in [6, 6.07) is 18.7. The summed E-state index contributed by atoms with van der Waals surface area (Å²) in [5.41, 5.74) is 1.60. The van der Waals surface area contributed by atoms with E-state index in [4.69, 9.17) is 0 Å². The normalized spacial score (nSPS) is 14.2. The molecule has 162 valence electrons. The third kappa shape index (κ3) is 4.61. The van der Waals surface area contributed by atoms with Crippen molar-refractivity contribution >= 4 is 23.1 Å². The van der Waals surface area contributed by atoms with Gasteiger partial charge in [0.15, 0.2) is 0 Å². The molecule has 0 spiro atoms. The van der Waals surface area contributed by atoms with Crippen LogP contribution in [0.3, 0.4) is 0 Å². The zero-order chi connectivity index (χ0) is 22.7. The number of rotatable bonds is 6. The van der Waals surface area contributed by atoms with E-state index in [1.807, 2.05) is 0 Å². The first-order valence-corrected chi connectivity index (χ1v) is 9.50. The number of hydrogen-bond acceptors (Lipinski definition) is 5. The van der Waals surface area contributed by atoms with Crippen molar-refractivity contribution in [3.8, 4) is 5.75 Å². The van der Waals surface area contributed by atoms with Crippen molar-refractivity contribution in [2.24, 2.45) is 0 Å². The van der Waals surface area contributed by atoms with Crippen molar-refractivity contribution in [2.45, 2.75) is 12.9 Å². The molecular formula is C23H16F3N3O3. The SMILES string of the molecule is O=C1C(Nc2ccc(OC(F)(F)F)cc2)=C(c2ccccc2)C(=O)N1Cc1ccccn1. The van der Waals surface area contributed by atoms with Crippen molar-refractivity contribution in [3.63, 3.8) is 0 Å². The van der Waals surface area contributed by atoms with Crippen molar-refractivity contribution in [2.75, 3.05) is 5.32 Å². The Morgan fingerprint density at radius 3 is 2.19 bits per heavy atom. The quantitative estimate of drug-likeness (QED) is 0.578. The first-order valence-electron chi connectivity index (χ1n) is 9.50. The summed E-state index contributed by atoms with van der Waals surface area (Å²) in [5.74, 6) is -1.45. The lowest BCUT2D eigenvalue weighted by Gasteiger charge is -2.15. The number of benzene rings is 2. The van der Waals surface area contributed by atoms with Crippen molar-refractivity contribution in [3.05, 3.63) is 95.9 Å². The molecule has 0 aliphatic carbocycles. The molecular weight excluding hydrogens is 423 g/mol. The standard InChI is InChI=1S/C23H16F3N3O3/c24-23(25,26)32-18-11-9-16(10-12-18)28-20-19(15-6-2-1-3-7-15)21(30)29(22(20)31)14-17-8-4-5-13-27-17/h1-13,28H,14H2. The monoisotopic (exact) mass is 439 g/mol. The fraction of sp³-hybridized carbons (Fsp3) is 0.0870. The number of pyridine rings is 1. The van der Waals surface area contributed by atoms with Crippen LogP contribution < -0.4 is 10.1 Å². The molecule has 0 bridgehead atoms. The van der Waals surface area contributed by atoms with Crippen LogP contribution >= 0.6 is 0 Å². The van der Waals surface area contributed by atoms with Gasteiger partial charge in [0, 0.05) is 11.9 Å². The molecule has 0 radical (unpaired) electrons. The van der Waals surface area contributed by atoms with E-state index in [1.165, 1.54) is 12.1 Å². The van der Waals surface area contributed by atoms with Gasteiger partial charge in [-0.25, -0.2) is 0 Å². The highest BCUT2D eigenvalue weighted by Crippen LogP contribution is 2.32. The number of aromatic nitrogens is 1. The highest BCUT2D eigenvalue weighted by molar-refractivity contribution is 6.36. The molecule has 2 heterocycles. The van der Waals surface area contributed by atoms with Gasteiger partial charge in [0.25, 0.3) is 11.8 Å². The molecule has 0 saturated carbocycles. The van der Waals surface area contributed by atoms with Crippen LogP contribution in [0.15, 0.2) is 84.7 Å². The topological polar surface area (TPSA) is 71.5 Å². The molecule has 0 saturated heterocycles. The average molecular weight is 439 g/mol. The Morgan fingerprint density at radius 1 is 0.875 bits per heavy atom. The van der Waals surface area contributed by atoms with Crippen molar-refractivity contribution < 1.29 is 27.5 Å². The second-order valence-electron chi connectivity index (χ2n) is 6.83. The minimum absolute atomic E-state index is 0.0155. The molecule has 0 fully saturated rings. The van der Waals surface area contributed by atoms with Gasteiger partial charge in [-0.15, -0.1) is 13.2 Å². The summed E-state index contributed by atoms with van der Waals surface area (Å²) in [5, 5.41) is 2.89. The van der Waals surface area contributed by atoms with Crippen LogP contribution in [0.5, 0.6) is 5.75 Å². The maximum atomic E-state index is 13.2. The molecule has 6 nitrogen and oxygen atoms in total. The predicted molar refractivity (Wildman–Crippen MR) is 110 cm³/mol. The fourth-order valence-electron chi connectivity index (χ4n) is 3.25. The van der Waals surface area contributed by atoms with E-state index in [0.29, 0.717) is 16.9 Å². The van der Waals surface area contributed by atoms with Crippen molar-refractivity contribution in [1.82, 2.24) is 9.88 Å². The molecule has 3 aromatic rings. The van der Waals surface area contributed by atoms with Gasteiger partial charge in [-0.2, -0.15) is 0 Å². The van der Waals surface area contributed by atoms with Crippen LogP contribution in [0, 0.1) is 0 Å². The van der Waals surface area contributed by atoms with E-state index in [0.717, 1.165) is 17.0 Å². The second kappa shape index (κ2) is 8.54. The van der Waals surface area contributed by atoms with Crippen LogP contribution in [0.25, 0.3) is 5.57 Å². The lowest BCUT2D eigenvalue weighted by Crippen LogP contribution is -2.32. The molecule has 0 unspecified atom stereocenters. The Morgan fingerprint density at radius 2 is 1.56 bits per heavy atom. The molecule has 1 aliphatic rings. The number of anilines is 1. The number of hydrogen-bond donors (Lipinski definition) is 1. The smallest absolute Gasteiger partial charge is 0.406 e. The Labute approximate surface area is 181 Å². The third-order valence-electron chi connectivity index (χ3n) is 4.63. The molecule has 32 heavy (non-hydrogen) atoms. The first kappa shape index (κ1) is 21.1. The molecule has 1 N–H and O–H groups in total. The van der Waals surface area contributed by atoms with Crippen LogP contribution in [-0.2, 0) is 16.1 Å². The zero-order valence-electron chi connectivity index (χ0n) is 16.5. The Balaban J connectivity index is 1.65. The first-order chi connectivity index (χ1) is 15.3. The summed E-state index contributed by atoms with van der Waals surface area (Å²) >= 11 is 0. The Hall–Kier alpha value is -4.14. The molecule has 0 atom stereocenters. The number of alkyl halides is 3. The summed E-state index contributed by atoms with van der Waals surface area (Å²) in [6.07, 6.45) is -3.24. The molecule has 1 aliphatic heterocycles.